The fraction of sp³-hybridized carbons (Fsp3) is 0.333. The molecule has 3 heteroatoms. The molecule has 1 fully saturated rings. The molecule has 0 unspecified atom stereocenters. The Morgan fingerprint density at radius 1 is 0.833 bits per heavy atom. The predicted octanol–water partition coefficient (Wildman–Crippen LogP) is 5.17. The molecular weight excluding hydrogens is 295 g/mol. The first-order valence-electron chi connectivity index (χ1n) is 8.48. The van der Waals surface area contributed by atoms with Crippen LogP contribution >= 0.6 is 0 Å². The molecule has 1 saturated heterocycles. The van der Waals surface area contributed by atoms with Gasteiger partial charge in [-0.3, -0.25) is 0 Å². The van der Waals surface area contributed by atoms with E-state index in [2.05, 4.69) is 77.1 Å². The second-order valence-electron chi connectivity index (χ2n) is 7.46. The molecule has 0 amide bonds. The lowest BCUT2D eigenvalue weighted by atomic mass is 9.73. The van der Waals surface area contributed by atoms with Crippen molar-refractivity contribution in [3.05, 3.63) is 71.3 Å². The Morgan fingerprint density at radius 3 is 1.92 bits per heavy atom. The van der Waals surface area contributed by atoms with Crippen LogP contribution in [0.25, 0.3) is 11.5 Å². The summed E-state index contributed by atoms with van der Waals surface area (Å²) in [5.74, 6) is 0. The SMILES string of the molecule is Cc1ccc(/C=C(/B2OC(C)(C)C(C)(C)O2)c2ccccc2)cc1. The van der Waals surface area contributed by atoms with E-state index in [-0.39, 0.29) is 18.3 Å². The van der Waals surface area contributed by atoms with Crippen molar-refractivity contribution in [1.29, 1.82) is 0 Å². The van der Waals surface area contributed by atoms with Crippen LogP contribution in [0.2, 0.25) is 0 Å². The van der Waals surface area contributed by atoms with E-state index >= 15 is 0 Å². The lowest BCUT2D eigenvalue weighted by molar-refractivity contribution is 0.00578. The van der Waals surface area contributed by atoms with Crippen LogP contribution in [0.5, 0.6) is 0 Å². The second-order valence-corrected chi connectivity index (χ2v) is 7.46. The first-order valence-corrected chi connectivity index (χ1v) is 8.48. The minimum atomic E-state index is -0.376. The zero-order valence-corrected chi connectivity index (χ0v) is 15.2. The van der Waals surface area contributed by atoms with Crippen LogP contribution in [0, 0.1) is 6.92 Å². The van der Waals surface area contributed by atoms with Crippen LogP contribution in [0.4, 0.5) is 0 Å². The Morgan fingerprint density at radius 2 is 1.38 bits per heavy atom. The molecule has 0 aliphatic carbocycles. The molecule has 2 aromatic rings. The molecule has 2 nitrogen and oxygen atoms in total. The molecule has 124 valence electrons. The van der Waals surface area contributed by atoms with E-state index < -0.39 is 0 Å². The van der Waals surface area contributed by atoms with E-state index in [0.29, 0.717) is 0 Å². The highest BCUT2D eigenvalue weighted by molar-refractivity contribution is 6.70. The highest BCUT2D eigenvalue weighted by Crippen LogP contribution is 2.41. The molecule has 0 N–H and O–H groups in total. The maximum Gasteiger partial charge on any atom is 0.495 e. The van der Waals surface area contributed by atoms with Gasteiger partial charge in [0.15, 0.2) is 0 Å². The Kier molecular flexibility index (Phi) is 4.41. The van der Waals surface area contributed by atoms with E-state index in [1.165, 1.54) is 5.56 Å². The van der Waals surface area contributed by atoms with E-state index in [4.69, 9.17) is 9.31 Å². The van der Waals surface area contributed by atoms with Crippen molar-refractivity contribution < 1.29 is 9.31 Å². The minimum Gasteiger partial charge on any atom is -0.399 e. The van der Waals surface area contributed by atoms with Gasteiger partial charge in [-0.25, -0.2) is 0 Å². The van der Waals surface area contributed by atoms with Crippen molar-refractivity contribution in [2.24, 2.45) is 0 Å². The Hall–Kier alpha value is -1.84. The first kappa shape index (κ1) is 17.0. The van der Waals surface area contributed by atoms with Crippen LogP contribution in [0.15, 0.2) is 54.6 Å². The molecule has 2 aromatic carbocycles. The molecule has 0 saturated carbocycles. The first-order chi connectivity index (χ1) is 11.3. The van der Waals surface area contributed by atoms with E-state index in [0.717, 1.165) is 16.6 Å². The van der Waals surface area contributed by atoms with Crippen LogP contribution in [-0.4, -0.2) is 18.3 Å². The Bertz CT molecular complexity index is 714. The lowest BCUT2D eigenvalue weighted by Crippen LogP contribution is -2.41. The summed E-state index contributed by atoms with van der Waals surface area (Å²) in [6.45, 7) is 10.4. The van der Waals surface area contributed by atoms with E-state index in [9.17, 15) is 0 Å². The molecule has 3 rings (SSSR count). The van der Waals surface area contributed by atoms with Crippen molar-refractivity contribution in [1.82, 2.24) is 0 Å². The number of benzene rings is 2. The molecule has 0 radical (unpaired) electrons. The van der Waals surface area contributed by atoms with Crippen molar-refractivity contribution in [2.45, 2.75) is 45.8 Å². The monoisotopic (exact) mass is 320 g/mol. The minimum absolute atomic E-state index is 0.348. The maximum absolute atomic E-state index is 6.29. The van der Waals surface area contributed by atoms with Gasteiger partial charge in [0.2, 0.25) is 0 Å². The summed E-state index contributed by atoms with van der Waals surface area (Å²) in [6.07, 6.45) is 2.16. The average Bonchev–Trinajstić information content (AvgIpc) is 2.75. The average molecular weight is 320 g/mol. The van der Waals surface area contributed by atoms with Gasteiger partial charge < -0.3 is 9.31 Å². The van der Waals surface area contributed by atoms with Crippen molar-refractivity contribution >= 4 is 18.7 Å². The smallest absolute Gasteiger partial charge is 0.399 e. The van der Waals surface area contributed by atoms with Crippen molar-refractivity contribution in [2.75, 3.05) is 0 Å². The van der Waals surface area contributed by atoms with Gasteiger partial charge in [-0.15, -0.1) is 0 Å². The molecule has 0 bridgehead atoms. The molecule has 1 aliphatic heterocycles. The summed E-state index contributed by atoms with van der Waals surface area (Å²) in [5.41, 5.74) is 3.88. The topological polar surface area (TPSA) is 18.5 Å². The molecule has 0 atom stereocenters. The molecule has 1 heterocycles. The summed E-state index contributed by atoms with van der Waals surface area (Å²) in [7, 11) is -0.376. The highest BCUT2D eigenvalue weighted by atomic mass is 16.7. The predicted molar refractivity (Wildman–Crippen MR) is 102 cm³/mol. The molecule has 24 heavy (non-hydrogen) atoms. The third-order valence-electron chi connectivity index (χ3n) is 5.01. The number of rotatable bonds is 3. The van der Waals surface area contributed by atoms with Crippen LogP contribution in [0.3, 0.4) is 0 Å². The van der Waals surface area contributed by atoms with Gasteiger partial charge >= 0.3 is 7.12 Å². The summed E-state index contributed by atoms with van der Waals surface area (Å²) in [6, 6.07) is 18.8. The summed E-state index contributed by atoms with van der Waals surface area (Å²) in [4.78, 5) is 0. The van der Waals surface area contributed by atoms with Gasteiger partial charge in [0.1, 0.15) is 0 Å². The third-order valence-corrected chi connectivity index (χ3v) is 5.01. The van der Waals surface area contributed by atoms with Gasteiger partial charge in [-0.05, 0) is 51.2 Å². The Labute approximate surface area is 145 Å². The highest BCUT2D eigenvalue weighted by Gasteiger charge is 2.52. The largest absolute Gasteiger partial charge is 0.495 e. The van der Waals surface area contributed by atoms with Crippen molar-refractivity contribution in [3.63, 3.8) is 0 Å². The van der Waals surface area contributed by atoms with Crippen LogP contribution < -0.4 is 0 Å². The molecule has 1 aliphatic rings. The zero-order chi connectivity index (χ0) is 17.4. The number of aryl methyl sites for hydroxylation is 1. The molecule has 0 aromatic heterocycles. The third kappa shape index (κ3) is 3.33. The zero-order valence-electron chi connectivity index (χ0n) is 15.2. The molecular formula is C21H25BO2. The normalized spacial score (nSPS) is 19.5. The van der Waals surface area contributed by atoms with Gasteiger partial charge in [0.05, 0.1) is 11.2 Å². The Balaban J connectivity index is 2.03. The van der Waals surface area contributed by atoms with Crippen LogP contribution in [0.1, 0.15) is 44.4 Å². The summed E-state index contributed by atoms with van der Waals surface area (Å²) >= 11 is 0. The van der Waals surface area contributed by atoms with Gasteiger partial charge in [0, 0.05) is 0 Å². The van der Waals surface area contributed by atoms with Crippen molar-refractivity contribution in [3.8, 4) is 0 Å². The second kappa shape index (κ2) is 6.23. The quantitative estimate of drug-likeness (QED) is 0.574. The number of hydrogen-bond acceptors (Lipinski definition) is 2. The molecule has 0 spiro atoms. The number of hydrogen-bond donors (Lipinski definition) is 0. The fourth-order valence-corrected chi connectivity index (χ4v) is 2.73. The summed E-state index contributed by atoms with van der Waals surface area (Å²) in [5, 5.41) is 0. The van der Waals surface area contributed by atoms with E-state index in [1.807, 2.05) is 18.2 Å². The summed E-state index contributed by atoms with van der Waals surface area (Å²) < 4.78 is 12.6. The van der Waals surface area contributed by atoms with Gasteiger partial charge in [-0.1, -0.05) is 66.2 Å². The lowest BCUT2D eigenvalue weighted by Gasteiger charge is -2.32. The van der Waals surface area contributed by atoms with Gasteiger partial charge in [0.25, 0.3) is 0 Å². The fourth-order valence-electron chi connectivity index (χ4n) is 2.73. The maximum atomic E-state index is 6.29. The van der Waals surface area contributed by atoms with Gasteiger partial charge in [-0.2, -0.15) is 0 Å². The van der Waals surface area contributed by atoms with Crippen LogP contribution in [-0.2, 0) is 9.31 Å². The standard InChI is InChI=1S/C21H25BO2/c1-16-11-13-17(14-12-16)15-19(18-9-7-6-8-10-18)22-23-20(2,3)21(4,5)24-22/h6-15H,1-5H3/b19-15+. The van der Waals surface area contributed by atoms with E-state index in [1.54, 1.807) is 0 Å².